The van der Waals surface area contributed by atoms with Gasteiger partial charge in [0.15, 0.2) is 16.9 Å². The molecule has 7 aromatic rings. The molecule has 8 rings (SSSR count). The number of hydrogen-bond donors (Lipinski definition) is 1. The van der Waals surface area contributed by atoms with Crippen molar-refractivity contribution in [1.29, 1.82) is 0 Å². The normalized spacial score (nSPS) is 16.9. The van der Waals surface area contributed by atoms with Crippen LogP contribution in [0.25, 0.3) is 11.2 Å². The molecule has 0 bridgehead atoms. The topological polar surface area (TPSA) is 110 Å². The number of benzene rings is 5. The van der Waals surface area contributed by atoms with Gasteiger partial charge >= 0.3 is 0 Å². The zero-order valence-corrected chi connectivity index (χ0v) is 31.3. The van der Waals surface area contributed by atoms with Crippen LogP contribution >= 0.6 is 0 Å². The van der Waals surface area contributed by atoms with Crippen molar-refractivity contribution in [2.24, 2.45) is 5.92 Å². The van der Waals surface area contributed by atoms with E-state index in [0.717, 1.165) is 33.6 Å². The fourth-order valence-corrected chi connectivity index (χ4v) is 7.63. The number of methoxy groups -OCH3 is 2. The highest BCUT2D eigenvalue weighted by Gasteiger charge is 2.45. The molecule has 0 saturated heterocycles. The van der Waals surface area contributed by atoms with Gasteiger partial charge in [0.25, 0.3) is 0 Å². The maximum Gasteiger partial charge on any atom is 0.246 e. The van der Waals surface area contributed by atoms with E-state index in [-0.39, 0.29) is 24.4 Å². The Hall–Kier alpha value is -6.36. The molecule has 56 heavy (non-hydrogen) atoms. The fourth-order valence-electron chi connectivity index (χ4n) is 7.63. The third-order valence-corrected chi connectivity index (χ3v) is 10.5. The number of Topliss-reactive ketones (excluding diaryl/α,β-unsaturated/α-hetero) is 1. The molecule has 0 amide bonds. The first kappa shape index (κ1) is 36.6. The number of carbonyl (C=O) groups excluding carboxylic acids is 1. The third-order valence-electron chi connectivity index (χ3n) is 10.5. The van der Waals surface area contributed by atoms with Gasteiger partial charge in [0, 0.05) is 6.42 Å². The molecule has 1 saturated carbocycles. The van der Waals surface area contributed by atoms with Crippen molar-refractivity contribution in [3.63, 3.8) is 0 Å². The fraction of sp³-hybridized carbons (Fsp3) is 0.217. The van der Waals surface area contributed by atoms with Crippen LogP contribution in [0.1, 0.15) is 40.3 Å². The molecule has 1 aliphatic carbocycles. The first-order chi connectivity index (χ1) is 27.6. The molecule has 2 heterocycles. The molecular formula is C46H43N5O5. The zero-order chi connectivity index (χ0) is 38.3. The SMILES string of the molecule is COc1ccc(C(N[13c]2n[13c](OC)[13c]3ncn([C@H]4C[C@H](OCc5ccccc5)[C@@H](COCc5ccccc5)C4=O)[13c]3n2)(c2ccccc2)c2ccccc2)cc1. The van der Waals surface area contributed by atoms with Gasteiger partial charge in [0.05, 0.1) is 58.4 Å². The number of rotatable bonds is 15. The Morgan fingerprint density at radius 3 is 1.86 bits per heavy atom. The van der Waals surface area contributed by atoms with Crippen LogP contribution in [0.3, 0.4) is 0 Å². The summed E-state index contributed by atoms with van der Waals surface area (Å²) in [4.78, 5) is 29.1. The highest BCUT2D eigenvalue weighted by Crippen LogP contribution is 2.42. The Labute approximate surface area is 326 Å². The maximum absolute atomic E-state index is 14.5. The number of carbonyl (C=O) groups is 1. The Morgan fingerprint density at radius 2 is 1.27 bits per heavy atom. The maximum atomic E-state index is 14.5. The molecule has 3 atom stereocenters. The van der Waals surface area contributed by atoms with Crippen LogP contribution in [-0.2, 0) is 33.0 Å². The van der Waals surface area contributed by atoms with E-state index in [4.69, 9.17) is 33.9 Å². The molecule has 282 valence electrons. The molecule has 0 unspecified atom stereocenters. The number of anilines is 1. The van der Waals surface area contributed by atoms with Crippen molar-refractivity contribution in [3.05, 3.63) is 180 Å². The lowest BCUT2D eigenvalue weighted by Gasteiger charge is -2.37. The first-order valence-corrected chi connectivity index (χ1v) is 18.7. The molecule has 0 spiro atoms. The van der Waals surface area contributed by atoms with Crippen LogP contribution in [0.5, 0.6) is 11.6 Å². The van der Waals surface area contributed by atoms with E-state index in [9.17, 15) is 4.79 Å². The number of aromatic nitrogens is 4. The third kappa shape index (κ3) is 7.36. The van der Waals surface area contributed by atoms with Crippen LogP contribution in [-0.4, -0.2) is 52.2 Å². The first-order valence-electron chi connectivity index (χ1n) is 18.7. The highest BCUT2D eigenvalue weighted by atomic mass is 16.6. The summed E-state index contributed by atoms with van der Waals surface area (Å²) in [5.41, 5.74) is 4.92. The van der Waals surface area contributed by atoms with E-state index < -0.39 is 17.5 Å². The number of imidazole rings is 1. The van der Waals surface area contributed by atoms with E-state index in [0.29, 0.717) is 36.7 Å². The Kier molecular flexibility index (Phi) is 10.8. The molecule has 5 aromatic carbocycles. The number of ketones is 1. The molecular weight excluding hydrogens is 707 g/mol. The number of hydrogen-bond acceptors (Lipinski definition) is 9. The minimum Gasteiger partial charge on any atom is -0.497 e. The van der Waals surface area contributed by atoms with Crippen molar-refractivity contribution in [3.8, 4) is 11.6 Å². The van der Waals surface area contributed by atoms with Gasteiger partial charge in [0.1, 0.15) is 11.3 Å². The monoisotopic (exact) mass is 749 g/mol. The summed E-state index contributed by atoms with van der Waals surface area (Å²) in [6, 6.07) is 47.7. The van der Waals surface area contributed by atoms with E-state index in [1.807, 2.05) is 126 Å². The second-order valence-electron chi connectivity index (χ2n) is 13.8. The van der Waals surface area contributed by atoms with E-state index in [1.54, 1.807) is 20.5 Å². The summed E-state index contributed by atoms with van der Waals surface area (Å²) in [5, 5.41) is 3.75. The summed E-state index contributed by atoms with van der Waals surface area (Å²) in [7, 11) is 3.21. The summed E-state index contributed by atoms with van der Waals surface area (Å²) >= 11 is 0. The molecule has 1 fully saturated rings. The summed E-state index contributed by atoms with van der Waals surface area (Å²) in [5.74, 6) is 0.826. The van der Waals surface area contributed by atoms with Gasteiger partial charge in [-0.1, -0.05) is 133 Å². The lowest BCUT2D eigenvalue weighted by molar-refractivity contribution is -0.127. The van der Waals surface area contributed by atoms with Crippen LogP contribution in [0.4, 0.5) is 5.95 Å². The second kappa shape index (κ2) is 16.6. The van der Waals surface area contributed by atoms with Gasteiger partial charge < -0.3 is 28.8 Å². The largest absolute Gasteiger partial charge is 0.497 e. The van der Waals surface area contributed by atoms with Gasteiger partial charge in [-0.15, -0.1) is 0 Å². The summed E-state index contributed by atoms with van der Waals surface area (Å²) < 4.78 is 25.9. The predicted octanol–water partition coefficient (Wildman–Crippen LogP) is 8.18. The Balaban J connectivity index is 1.18. The van der Waals surface area contributed by atoms with Gasteiger partial charge in [-0.05, 0) is 39.9 Å². The molecule has 0 radical (unpaired) electrons. The number of fused-ring (bicyclic) bond motifs is 1. The summed E-state index contributed by atoms with van der Waals surface area (Å²) in [6.45, 7) is 0.995. The Morgan fingerprint density at radius 1 is 0.696 bits per heavy atom. The minimum absolute atomic E-state index is 0.00339. The van der Waals surface area contributed by atoms with E-state index >= 15 is 0 Å². The standard InChI is InChI=1S/C46H43N5O5/c1-53-37-25-23-36(24-26-37)46(34-19-11-5-12-20-34,35-21-13-6-14-22-35)50-45-48-43-41(44(49-45)54-2)47-31-51(43)39-27-40(56-29-33-17-9-4-10-18-33)38(42(39)52)30-55-28-32-15-7-3-8-16-32/h3-26,31,38-40H,27-30H2,1-2H3,(H,48,49,50)/t38-,39+,40+/m1/s1/i41+1,43+1,44+1,45+1. The second-order valence-corrected chi connectivity index (χ2v) is 13.8. The molecule has 10 nitrogen and oxygen atoms in total. The quantitative estimate of drug-likeness (QED) is 0.104. The highest BCUT2D eigenvalue weighted by molar-refractivity contribution is 5.90. The number of nitrogens with one attached hydrogen (secondary N) is 1. The summed E-state index contributed by atoms with van der Waals surface area (Å²) in [6.07, 6.45) is 1.69. The smallest absolute Gasteiger partial charge is 0.246 e. The molecule has 0 aliphatic heterocycles. The van der Waals surface area contributed by atoms with Gasteiger partial charge in [-0.2, -0.15) is 9.97 Å². The van der Waals surface area contributed by atoms with Crippen molar-refractivity contribution < 1.29 is 23.7 Å². The van der Waals surface area contributed by atoms with Gasteiger partial charge in [-0.25, -0.2) is 4.98 Å². The van der Waals surface area contributed by atoms with E-state index in [2.05, 4.69) is 29.6 Å². The van der Waals surface area contributed by atoms with Crippen molar-refractivity contribution >= 4 is 22.9 Å². The minimum atomic E-state index is -0.945. The molecule has 1 N–H and O–H groups in total. The molecule has 10 heteroatoms. The number of nitrogens with zero attached hydrogens (tertiary/aromatic N) is 4. The van der Waals surface area contributed by atoms with Crippen LogP contribution in [0, 0.1) is 5.92 Å². The number of ether oxygens (including phenoxy) is 4. The van der Waals surface area contributed by atoms with Crippen LogP contribution in [0.2, 0.25) is 0 Å². The van der Waals surface area contributed by atoms with Gasteiger partial charge in [-0.3, -0.25) is 4.79 Å². The molecule has 2 aromatic heterocycles. The lowest BCUT2D eigenvalue weighted by atomic mass is 9.77. The van der Waals surface area contributed by atoms with Crippen LogP contribution in [0.15, 0.2) is 152 Å². The van der Waals surface area contributed by atoms with Crippen LogP contribution < -0.4 is 14.8 Å². The predicted molar refractivity (Wildman–Crippen MR) is 215 cm³/mol. The van der Waals surface area contributed by atoms with Crippen molar-refractivity contribution in [1.82, 2.24) is 19.5 Å². The van der Waals surface area contributed by atoms with E-state index in [1.165, 1.54) is 0 Å². The van der Waals surface area contributed by atoms with Crippen molar-refractivity contribution in [2.75, 3.05) is 26.1 Å². The Bertz CT molecular complexity index is 2320. The lowest BCUT2D eigenvalue weighted by Crippen LogP contribution is -2.38. The molecule has 1 aliphatic rings. The average Bonchev–Trinajstić information content (AvgIpc) is 3.82. The average molecular weight is 750 g/mol. The zero-order valence-electron chi connectivity index (χ0n) is 31.3. The van der Waals surface area contributed by atoms with Gasteiger partial charge in [0.2, 0.25) is 11.8 Å². The van der Waals surface area contributed by atoms with Crippen molar-refractivity contribution in [2.45, 2.75) is 37.3 Å².